The highest BCUT2D eigenvalue weighted by Gasteiger charge is 2.05. The molecular formula is C13H24N4O2. The second kappa shape index (κ2) is 9.38. The topological polar surface area (TPSA) is 68.2 Å². The van der Waals surface area contributed by atoms with Crippen LogP contribution >= 0.6 is 0 Å². The van der Waals surface area contributed by atoms with E-state index >= 15 is 0 Å². The third kappa shape index (κ3) is 7.46. The normalized spacial score (nSPS) is 12.1. The first-order chi connectivity index (χ1) is 9.22. The molecule has 0 aliphatic rings. The summed E-state index contributed by atoms with van der Waals surface area (Å²) in [7, 11) is 0. The molecule has 1 aromatic rings. The molecule has 0 bridgehead atoms. The van der Waals surface area contributed by atoms with Gasteiger partial charge >= 0.3 is 6.03 Å². The zero-order chi connectivity index (χ0) is 13.9. The lowest BCUT2D eigenvalue weighted by atomic mass is 10.2. The van der Waals surface area contributed by atoms with Gasteiger partial charge < -0.3 is 15.4 Å². The molecule has 2 amide bonds. The molecule has 1 heterocycles. The molecule has 6 nitrogen and oxygen atoms in total. The van der Waals surface area contributed by atoms with Crippen LogP contribution in [0.4, 0.5) is 4.79 Å². The van der Waals surface area contributed by atoms with Crippen molar-refractivity contribution in [1.82, 2.24) is 20.4 Å². The third-order valence-corrected chi connectivity index (χ3v) is 2.62. The zero-order valence-corrected chi connectivity index (χ0v) is 11.8. The standard InChI is InChI=1S/C13H24N4O2/c1-3-19-9-5-6-14-13(18)15-10-12(2)11-17-8-4-7-16-17/h4,7-8,12H,3,5-6,9-11H2,1-2H3,(H2,14,15,18). The highest BCUT2D eigenvalue weighted by molar-refractivity contribution is 5.73. The molecule has 19 heavy (non-hydrogen) atoms. The predicted molar refractivity (Wildman–Crippen MR) is 73.9 cm³/mol. The number of ether oxygens (including phenoxy) is 1. The highest BCUT2D eigenvalue weighted by atomic mass is 16.5. The van der Waals surface area contributed by atoms with E-state index in [1.807, 2.05) is 23.9 Å². The number of hydrogen-bond acceptors (Lipinski definition) is 3. The molecule has 0 saturated heterocycles. The Balaban J connectivity index is 2.02. The molecule has 6 heteroatoms. The summed E-state index contributed by atoms with van der Waals surface area (Å²) in [5.74, 6) is 0.342. The predicted octanol–water partition coefficient (Wildman–Crippen LogP) is 1.24. The van der Waals surface area contributed by atoms with Crippen molar-refractivity contribution in [2.45, 2.75) is 26.8 Å². The van der Waals surface area contributed by atoms with E-state index in [1.165, 1.54) is 0 Å². The molecule has 108 valence electrons. The SMILES string of the molecule is CCOCCCNC(=O)NCC(C)Cn1cccn1. The Morgan fingerprint density at radius 3 is 3.00 bits per heavy atom. The van der Waals surface area contributed by atoms with Crippen LogP contribution in [0.3, 0.4) is 0 Å². The lowest BCUT2D eigenvalue weighted by Gasteiger charge is -2.13. The Hall–Kier alpha value is -1.56. The van der Waals surface area contributed by atoms with Gasteiger partial charge in [-0.1, -0.05) is 6.92 Å². The second-order valence-electron chi connectivity index (χ2n) is 4.52. The fraction of sp³-hybridized carbons (Fsp3) is 0.692. The van der Waals surface area contributed by atoms with E-state index in [4.69, 9.17) is 4.74 Å². The molecule has 1 atom stereocenters. The molecule has 1 aromatic heterocycles. The van der Waals surface area contributed by atoms with Crippen LogP contribution in [0, 0.1) is 5.92 Å². The Bertz CT molecular complexity index is 340. The van der Waals surface area contributed by atoms with Crippen molar-refractivity contribution in [2.24, 2.45) is 5.92 Å². The van der Waals surface area contributed by atoms with Crippen molar-refractivity contribution < 1.29 is 9.53 Å². The lowest BCUT2D eigenvalue weighted by molar-refractivity contribution is 0.145. The van der Waals surface area contributed by atoms with Crippen LogP contribution in [0.5, 0.6) is 0 Å². The van der Waals surface area contributed by atoms with Crippen molar-refractivity contribution >= 4 is 6.03 Å². The summed E-state index contributed by atoms with van der Waals surface area (Å²) < 4.78 is 7.06. The van der Waals surface area contributed by atoms with Gasteiger partial charge in [0.25, 0.3) is 0 Å². The molecule has 0 fully saturated rings. The summed E-state index contributed by atoms with van der Waals surface area (Å²) in [6, 6.07) is 1.77. The van der Waals surface area contributed by atoms with Crippen molar-refractivity contribution in [3.63, 3.8) is 0 Å². The molecule has 0 radical (unpaired) electrons. The van der Waals surface area contributed by atoms with Crippen LogP contribution in [-0.4, -0.2) is 42.1 Å². The van der Waals surface area contributed by atoms with Gasteiger partial charge in [-0.25, -0.2) is 4.79 Å². The van der Waals surface area contributed by atoms with Crippen molar-refractivity contribution in [2.75, 3.05) is 26.3 Å². The molecule has 0 aliphatic heterocycles. The maximum absolute atomic E-state index is 11.5. The molecule has 2 N–H and O–H groups in total. The van der Waals surface area contributed by atoms with Gasteiger partial charge in [0.15, 0.2) is 0 Å². The Morgan fingerprint density at radius 1 is 1.47 bits per heavy atom. The van der Waals surface area contributed by atoms with Crippen LogP contribution in [0.1, 0.15) is 20.3 Å². The van der Waals surface area contributed by atoms with Gasteiger partial charge in [0.05, 0.1) is 0 Å². The van der Waals surface area contributed by atoms with Crippen LogP contribution in [-0.2, 0) is 11.3 Å². The van der Waals surface area contributed by atoms with Crippen molar-refractivity contribution in [3.05, 3.63) is 18.5 Å². The molecule has 1 unspecified atom stereocenters. The van der Waals surface area contributed by atoms with Crippen LogP contribution < -0.4 is 10.6 Å². The number of rotatable bonds is 9. The number of nitrogens with one attached hydrogen (secondary N) is 2. The Labute approximate surface area is 114 Å². The summed E-state index contributed by atoms with van der Waals surface area (Å²) in [5, 5.41) is 9.79. The number of carbonyl (C=O) groups is 1. The number of aromatic nitrogens is 2. The molecule has 0 spiro atoms. The monoisotopic (exact) mass is 268 g/mol. The van der Waals surface area contributed by atoms with Crippen LogP contribution in [0.25, 0.3) is 0 Å². The van der Waals surface area contributed by atoms with Crippen molar-refractivity contribution in [3.8, 4) is 0 Å². The van der Waals surface area contributed by atoms with Gasteiger partial charge in [-0.3, -0.25) is 4.68 Å². The minimum atomic E-state index is -0.121. The minimum absolute atomic E-state index is 0.121. The van der Waals surface area contributed by atoms with Gasteiger partial charge in [0.1, 0.15) is 0 Å². The minimum Gasteiger partial charge on any atom is -0.382 e. The average molecular weight is 268 g/mol. The van der Waals surface area contributed by atoms with Crippen LogP contribution in [0.15, 0.2) is 18.5 Å². The first kappa shape index (κ1) is 15.5. The Morgan fingerprint density at radius 2 is 2.32 bits per heavy atom. The van der Waals surface area contributed by atoms with Crippen LogP contribution in [0.2, 0.25) is 0 Å². The van der Waals surface area contributed by atoms with E-state index in [-0.39, 0.29) is 6.03 Å². The summed E-state index contributed by atoms with van der Waals surface area (Å²) in [6.07, 6.45) is 4.51. The molecule has 0 saturated carbocycles. The fourth-order valence-corrected chi connectivity index (χ4v) is 1.64. The number of urea groups is 1. The zero-order valence-electron chi connectivity index (χ0n) is 11.8. The largest absolute Gasteiger partial charge is 0.382 e. The maximum Gasteiger partial charge on any atom is 0.314 e. The number of hydrogen-bond donors (Lipinski definition) is 2. The van der Waals surface area contributed by atoms with E-state index in [1.54, 1.807) is 6.20 Å². The van der Waals surface area contributed by atoms with Gasteiger partial charge in [-0.05, 0) is 25.3 Å². The third-order valence-electron chi connectivity index (χ3n) is 2.62. The first-order valence-corrected chi connectivity index (χ1v) is 6.79. The quantitative estimate of drug-likeness (QED) is 0.662. The van der Waals surface area contributed by atoms with E-state index in [9.17, 15) is 4.79 Å². The van der Waals surface area contributed by atoms with E-state index in [0.29, 0.717) is 25.6 Å². The number of amides is 2. The highest BCUT2D eigenvalue weighted by Crippen LogP contribution is 1.97. The van der Waals surface area contributed by atoms with Gasteiger partial charge in [-0.2, -0.15) is 5.10 Å². The summed E-state index contributed by atoms with van der Waals surface area (Å²) in [4.78, 5) is 11.5. The first-order valence-electron chi connectivity index (χ1n) is 6.79. The molecule has 1 rings (SSSR count). The van der Waals surface area contributed by atoms with Gasteiger partial charge in [-0.15, -0.1) is 0 Å². The van der Waals surface area contributed by atoms with E-state index < -0.39 is 0 Å². The van der Waals surface area contributed by atoms with Crippen molar-refractivity contribution in [1.29, 1.82) is 0 Å². The fourth-order valence-electron chi connectivity index (χ4n) is 1.64. The van der Waals surface area contributed by atoms with E-state index in [2.05, 4.69) is 22.7 Å². The second-order valence-corrected chi connectivity index (χ2v) is 4.52. The summed E-state index contributed by atoms with van der Waals surface area (Å²) in [6.45, 7) is 7.52. The average Bonchev–Trinajstić information content (AvgIpc) is 2.89. The molecular weight excluding hydrogens is 244 g/mol. The number of carbonyl (C=O) groups excluding carboxylic acids is 1. The molecule has 0 aliphatic carbocycles. The Kier molecular flexibility index (Phi) is 7.65. The maximum atomic E-state index is 11.5. The molecule has 0 aromatic carbocycles. The number of nitrogens with zero attached hydrogens (tertiary/aromatic N) is 2. The van der Waals surface area contributed by atoms with Gasteiger partial charge in [0.2, 0.25) is 0 Å². The summed E-state index contributed by atoms with van der Waals surface area (Å²) >= 11 is 0. The van der Waals surface area contributed by atoms with E-state index in [0.717, 1.165) is 19.6 Å². The van der Waals surface area contributed by atoms with Gasteiger partial charge in [0, 0.05) is 45.2 Å². The lowest BCUT2D eigenvalue weighted by Crippen LogP contribution is -2.39. The summed E-state index contributed by atoms with van der Waals surface area (Å²) in [5.41, 5.74) is 0. The smallest absolute Gasteiger partial charge is 0.314 e.